The highest BCUT2D eigenvalue weighted by molar-refractivity contribution is 7.87. The first-order chi connectivity index (χ1) is 12.9. The van der Waals surface area contributed by atoms with Gasteiger partial charge in [0.2, 0.25) is 0 Å². The molecule has 8 nitrogen and oxygen atoms in total. The highest BCUT2D eigenvalue weighted by Gasteiger charge is 2.24. The van der Waals surface area contributed by atoms with Crippen LogP contribution in [0.5, 0.6) is 0 Å². The Bertz CT molecular complexity index is 1120. The minimum atomic E-state index is -4.65. The Morgan fingerprint density at radius 2 is 1.89 bits per heavy atom. The van der Waals surface area contributed by atoms with E-state index in [4.69, 9.17) is 5.21 Å². The van der Waals surface area contributed by atoms with E-state index in [1.807, 2.05) is 0 Å². The van der Waals surface area contributed by atoms with E-state index in [1.54, 1.807) is 48.7 Å². The minimum Gasteiger partial charge on any atom is -0.288 e. The van der Waals surface area contributed by atoms with Crippen LogP contribution in [0.4, 0.5) is 11.4 Å². The van der Waals surface area contributed by atoms with Crippen molar-refractivity contribution < 1.29 is 23.0 Å². The summed E-state index contributed by atoms with van der Waals surface area (Å²) in [6.45, 7) is 0. The largest absolute Gasteiger partial charge is 0.364 e. The normalized spacial score (nSPS) is 11.6. The van der Waals surface area contributed by atoms with Crippen LogP contribution in [0.15, 0.2) is 66.9 Å². The summed E-state index contributed by atoms with van der Waals surface area (Å²) in [6, 6.07) is 14.5. The molecule has 0 aliphatic rings. The number of carbonyl (C=O) groups excluding carboxylic acids is 1. The maximum atomic E-state index is 12.1. The molecule has 9 heteroatoms. The Labute approximate surface area is 155 Å². The number of rotatable bonds is 5. The average molecular weight is 385 g/mol. The second-order valence-electron chi connectivity index (χ2n) is 5.49. The molecule has 0 aliphatic heterocycles. The number of hydrogen-bond acceptors (Lipinski definition) is 5. The summed E-state index contributed by atoms with van der Waals surface area (Å²) in [4.78, 5) is 15.3. The molecule has 0 saturated carbocycles. The first kappa shape index (κ1) is 18.5. The van der Waals surface area contributed by atoms with E-state index in [9.17, 15) is 17.8 Å². The predicted molar refractivity (Wildman–Crippen MR) is 101 cm³/mol. The Kier molecular flexibility index (Phi) is 5.17. The van der Waals surface area contributed by atoms with Crippen LogP contribution in [0.25, 0.3) is 17.0 Å². The number of fused-ring (bicyclic) bond motifs is 1. The molecule has 1 aromatic heterocycles. The Morgan fingerprint density at radius 3 is 2.63 bits per heavy atom. The number of aromatic nitrogens is 1. The van der Waals surface area contributed by atoms with Gasteiger partial charge < -0.3 is 0 Å². The Balaban J connectivity index is 2.15. The maximum Gasteiger partial charge on any atom is 0.364 e. The molecular formula is C18H15N3O5S. The van der Waals surface area contributed by atoms with Crippen LogP contribution in [0, 0.1) is 0 Å². The van der Waals surface area contributed by atoms with E-state index < -0.39 is 16.2 Å². The van der Waals surface area contributed by atoms with E-state index in [0.29, 0.717) is 16.5 Å². The number of amides is 1. The molecule has 3 N–H and O–H groups in total. The van der Waals surface area contributed by atoms with Gasteiger partial charge in [-0.3, -0.25) is 19.5 Å². The van der Waals surface area contributed by atoms with E-state index in [2.05, 4.69) is 4.98 Å². The van der Waals surface area contributed by atoms with Gasteiger partial charge in [-0.15, -0.1) is 0 Å². The lowest BCUT2D eigenvalue weighted by Crippen LogP contribution is -2.25. The number of nitrogens with zero attached hydrogens (tertiary/aromatic N) is 2. The smallest absolute Gasteiger partial charge is 0.288 e. The van der Waals surface area contributed by atoms with Gasteiger partial charge in [-0.2, -0.15) is 8.42 Å². The van der Waals surface area contributed by atoms with Gasteiger partial charge >= 0.3 is 10.3 Å². The summed E-state index contributed by atoms with van der Waals surface area (Å²) >= 11 is 0. The highest BCUT2D eigenvalue weighted by atomic mass is 32.2. The fourth-order valence-electron chi connectivity index (χ4n) is 2.62. The molecule has 2 aromatic carbocycles. The number of benzene rings is 2. The van der Waals surface area contributed by atoms with Crippen molar-refractivity contribution in [2.24, 2.45) is 0 Å². The van der Waals surface area contributed by atoms with Crippen molar-refractivity contribution in [1.82, 2.24) is 10.5 Å². The lowest BCUT2D eigenvalue weighted by atomic mass is 10.1. The molecule has 138 valence electrons. The van der Waals surface area contributed by atoms with Crippen molar-refractivity contribution in [3.63, 3.8) is 0 Å². The van der Waals surface area contributed by atoms with Crippen LogP contribution >= 0.6 is 0 Å². The van der Waals surface area contributed by atoms with Gasteiger partial charge in [0.1, 0.15) is 0 Å². The van der Waals surface area contributed by atoms with Gasteiger partial charge in [0.25, 0.3) is 5.91 Å². The van der Waals surface area contributed by atoms with Gasteiger partial charge in [-0.1, -0.05) is 18.2 Å². The molecule has 0 spiro atoms. The van der Waals surface area contributed by atoms with Gasteiger partial charge in [0.15, 0.2) is 0 Å². The lowest BCUT2D eigenvalue weighted by molar-refractivity contribution is -0.124. The van der Waals surface area contributed by atoms with E-state index in [-0.39, 0.29) is 11.4 Å². The van der Waals surface area contributed by atoms with Gasteiger partial charge in [0.05, 0.1) is 16.9 Å². The number of hydrogen-bond donors (Lipinski definition) is 3. The summed E-state index contributed by atoms with van der Waals surface area (Å²) in [7, 11) is -4.65. The number of pyridine rings is 1. The quantitative estimate of drug-likeness (QED) is 0.269. The second kappa shape index (κ2) is 7.54. The van der Waals surface area contributed by atoms with E-state index >= 15 is 0 Å². The van der Waals surface area contributed by atoms with Crippen LogP contribution < -0.4 is 9.79 Å². The summed E-state index contributed by atoms with van der Waals surface area (Å²) in [6.07, 6.45) is 4.06. The fourth-order valence-corrected chi connectivity index (χ4v) is 3.41. The molecule has 3 aromatic rings. The van der Waals surface area contributed by atoms with E-state index in [0.717, 1.165) is 10.4 Å². The van der Waals surface area contributed by atoms with Crippen LogP contribution in [0.2, 0.25) is 0 Å². The molecule has 3 rings (SSSR count). The van der Waals surface area contributed by atoms with Gasteiger partial charge in [0, 0.05) is 17.7 Å². The highest BCUT2D eigenvalue weighted by Crippen LogP contribution is 2.34. The monoisotopic (exact) mass is 385 g/mol. The fraction of sp³-hybridized carbons (Fsp3) is 0. The summed E-state index contributed by atoms with van der Waals surface area (Å²) in [5.74, 6) is -0.729. The number of nitrogens with one attached hydrogen (secondary N) is 1. The van der Waals surface area contributed by atoms with Crippen molar-refractivity contribution in [3.8, 4) is 0 Å². The predicted octanol–water partition coefficient (Wildman–Crippen LogP) is 2.69. The molecule has 1 amide bonds. The van der Waals surface area contributed by atoms with Crippen LogP contribution in [0.3, 0.4) is 0 Å². The summed E-state index contributed by atoms with van der Waals surface area (Å²) in [5.41, 5.74) is 2.92. The third-order valence-corrected chi connectivity index (χ3v) is 4.58. The molecule has 0 radical (unpaired) electrons. The van der Waals surface area contributed by atoms with Crippen molar-refractivity contribution in [2.45, 2.75) is 0 Å². The van der Waals surface area contributed by atoms with Crippen molar-refractivity contribution in [2.75, 3.05) is 4.31 Å². The first-order valence-electron chi connectivity index (χ1n) is 7.74. The zero-order valence-corrected chi connectivity index (χ0v) is 14.7. The molecule has 0 fully saturated rings. The van der Waals surface area contributed by atoms with Crippen molar-refractivity contribution in [3.05, 3.63) is 72.4 Å². The molecular weight excluding hydrogens is 370 g/mol. The number of carbonyl (C=O) groups is 1. The van der Waals surface area contributed by atoms with Gasteiger partial charge in [-0.25, -0.2) is 9.79 Å². The molecule has 0 bridgehead atoms. The Hall–Kier alpha value is -3.27. The summed E-state index contributed by atoms with van der Waals surface area (Å²) < 4.78 is 34.9. The third-order valence-electron chi connectivity index (χ3n) is 3.71. The van der Waals surface area contributed by atoms with Crippen molar-refractivity contribution >= 4 is 44.6 Å². The molecule has 0 unspecified atom stereocenters. The molecule has 0 atom stereocenters. The second-order valence-corrected chi connectivity index (χ2v) is 6.75. The van der Waals surface area contributed by atoms with Crippen LogP contribution in [-0.4, -0.2) is 29.1 Å². The van der Waals surface area contributed by atoms with Crippen LogP contribution in [0.1, 0.15) is 5.56 Å². The van der Waals surface area contributed by atoms with Gasteiger partial charge in [-0.05, 0) is 48.0 Å². The number of hydroxylamine groups is 1. The first-order valence-corrected chi connectivity index (χ1v) is 9.13. The molecule has 0 aliphatic carbocycles. The zero-order valence-electron chi connectivity index (χ0n) is 13.9. The standard InChI is InChI=1S/C18H15N3O5S/c22-18(20-23)10-9-13-4-1-5-14(12-13)21(27(24,25)26)17-8-2-7-16-15(17)6-3-11-19-16/h1-12,23H,(H,20,22)(H,24,25,26)/b10-9+. The lowest BCUT2D eigenvalue weighted by Gasteiger charge is -2.22. The minimum absolute atomic E-state index is 0.167. The maximum absolute atomic E-state index is 12.1. The third kappa shape index (κ3) is 4.11. The molecule has 27 heavy (non-hydrogen) atoms. The summed E-state index contributed by atoms with van der Waals surface area (Å²) in [5, 5.41) is 9.07. The molecule has 1 heterocycles. The Morgan fingerprint density at radius 1 is 1.11 bits per heavy atom. The number of anilines is 2. The topological polar surface area (TPSA) is 120 Å². The van der Waals surface area contributed by atoms with E-state index in [1.165, 1.54) is 23.7 Å². The average Bonchev–Trinajstić information content (AvgIpc) is 2.66. The molecule has 0 saturated heterocycles. The van der Waals surface area contributed by atoms with Crippen molar-refractivity contribution in [1.29, 1.82) is 0 Å². The zero-order chi connectivity index (χ0) is 19.4. The van der Waals surface area contributed by atoms with Crippen LogP contribution in [-0.2, 0) is 15.1 Å². The SMILES string of the molecule is O=C(/C=C/c1cccc(N(c2cccc3ncccc23)S(=O)(=O)O)c1)NO.